The highest BCUT2D eigenvalue weighted by Gasteiger charge is 2.32. The predicted molar refractivity (Wildman–Crippen MR) is 127 cm³/mol. The molecule has 1 saturated heterocycles. The Labute approximate surface area is 183 Å². The summed E-state index contributed by atoms with van der Waals surface area (Å²) in [6.45, 7) is 17.4. The van der Waals surface area contributed by atoms with Gasteiger partial charge in [0.1, 0.15) is 11.8 Å². The van der Waals surface area contributed by atoms with Crippen LogP contribution in [0.1, 0.15) is 88.2 Å². The topological polar surface area (TPSA) is 23.5 Å². The first-order chi connectivity index (χ1) is 14.0. The van der Waals surface area contributed by atoms with Crippen LogP contribution >= 0.6 is 0 Å². The van der Waals surface area contributed by atoms with E-state index in [2.05, 4.69) is 95.5 Å². The third-order valence-corrected chi connectivity index (χ3v) is 6.02. The molecule has 2 aromatic rings. The monoisotopic (exact) mass is 403 g/mol. The highest BCUT2D eigenvalue weighted by atomic mass is 16.3. The van der Waals surface area contributed by atoms with Crippen LogP contribution in [0.15, 0.2) is 36.4 Å². The molecule has 2 nitrogen and oxygen atoms in total. The second-order valence-corrected chi connectivity index (χ2v) is 10.7. The molecule has 1 atom stereocenters. The maximum Gasteiger partial charge on any atom is 0.121 e. The maximum absolute atomic E-state index is 11.3. The number of rotatable bonds is 2. The summed E-state index contributed by atoms with van der Waals surface area (Å²) < 4.78 is 0. The summed E-state index contributed by atoms with van der Waals surface area (Å²) >= 11 is 0. The number of aromatic hydroxyl groups is 1. The molecule has 0 aromatic heterocycles. The van der Waals surface area contributed by atoms with Crippen LogP contribution in [-0.2, 0) is 10.8 Å². The van der Waals surface area contributed by atoms with E-state index in [4.69, 9.17) is 0 Å². The molecule has 0 spiro atoms. The molecule has 0 bridgehead atoms. The van der Waals surface area contributed by atoms with E-state index in [0.717, 1.165) is 24.2 Å². The van der Waals surface area contributed by atoms with E-state index in [1.54, 1.807) is 0 Å². The molecule has 0 saturated carbocycles. The van der Waals surface area contributed by atoms with Crippen molar-refractivity contribution in [1.82, 2.24) is 4.90 Å². The van der Waals surface area contributed by atoms with Gasteiger partial charge in [0.2, 0.25) is 0 Å². The van der Waals surface area contributed by atoms with Crippen molar-refractivity contribution in [3.63, 3.8) is 0 Å². The van der Waals surface area contributed by atoms with Crippen molar-refractivity contribution in [1.29, 1.82) is 0 Å². The fourth-order valence-corrected chi connectivity index (χ4v) is 4.11. The second kappa shape index (κ2) is 8.48. The van der Waals surface area contributed by atoms with Gasteiger partial charge in [0.25, 0.3) is 0 Å². The maximum atomic E-state index is 11.3. The van der Waals surface area contributed by atoms with Crippen molar-refractivity contribution in [2.24, 2.45) is 0 Å². The van der Waals surface area contributed by atoms with Gasteiger partial charge in [0.15, 0.2) is 0 Å². The number of likely N-dealkylation sites (tertiary alicyclic amines) is 1. The van der Waals surface area contributed by atoms with Gasteiger partial charge in [-0.05, 0) is 73.0 Å². The highest BCUT2D eigenvalue weighted by molar-refractivity contribution is 5.52. The molecule has 0 aliphatic carbocycles. The molecule has 2 aromatic carbocycles. The quantitative estimate of drug-likeness (QED) is 0.580. The number of phenolic OH excluding ortho intramolecular Hbond substituents is 1. The highest BCUT2D eigenvalue weighted by Crippen LogP contribution is 2.42. The summed E-state index contributed by atoms with van der Waals surface area (Å²) in [6, 6.07) is 12.5. The molecule has 1 heterocycles. The number of hydrogen-bond acceptors (Lipinski definition) is 2. The zero-order chi connectivity index (χ0) is 22.1. The van der Waals surface area contributed by atoms with E-state index >= 15 is 0 Å². The van der Waals surface area contributed by atoms with Gasteiger partial charge in [-0.15, -0.1) is 0 Å². The standard InChI is InChI=1S/C28H37NO/c1-20-10-12-21(13-11-20)14-15-24(29-16-8-9-17-29)26-23(28(5,6)7)18-22(19-25(26)30)27(2,3)4/h10-13,18-19,24,30H,8-9,16-17H2,1-7H3. The first-order valence-corrected chi connectivity index (χ1v) is 11.2. The number of nitrogens with zero attached hydrogens (tertiary/aromatic N) is 1. The Morgan fingerprint density at radius 2 is 1.50 bits per heavy atom. The lowest BCUT2D eigenvalue weighted by atomic mass is 9.76. The average molecular weight is 404 g/mol. The molecular formula is C28H37NO. The summed E-state index contributed by atoms with van der Waals surface area (Å²) in [5, 5.41) is 11.3. The Bertz CT molecular complexity index is 940. The lowest BCUT2D eigenvalue weighted by Gasteiger charge is -2.33. The summed E-state index contributed by atoms with van der Waals surface area (Å²) in [4.78, 5) is 2.43. The van der Waals surface area contributed by atoms with Crippen LogP contribution in [0.3, 0.4) is 0 Å². The van der Waals surface area contributed by atoms with Crippen molar-refractivity contribution in [2.45, 2.75) is 78.2 Å². The molecule has 3 rings (SSSR count). The summed E-state index contributed by atoms with van der Waals surface area (Å²) in [7, 11) is 0. The van der Waals surface area contributed by atoms with E-state index < -0.39 is 0 Å². The van der Waals surface area contributed by atoms with Gasteiger partial charge in [-0.1, -0.05) is 77.1 Å². The zero-order valence-electron chi connectivity index (χ0n) is 19.8. The molecule has 1 aliphatic heterocycles. The van der Waals surface area contributed by atoms with Gasteiger partial charge in [0.05, 0.1) is 0 Å². The van der Waals surface area contributed by atoms with Crippen LogP contribution in [0.4, 0.5) is 0 Å². The van der Waals surface area contributed by atoms with E-state index in [9.17, 15) is 5.11 Å². The number of phenols is 1. The molecule has 0 radical (unpaired) electrons. The third kappa shape index (κ3) is 5.08. The largest absolute Gasteiger partial charge is 0.508 e. The average Bonchev–Trinajstić information content (AvgIpc) is 3.17. The summed E-state index contributed by atoms with van der Waals surface area (Å²) in [5.41, 5.74) is 5.50. The lowest BCUT2D eigenvalue weighted by molar-refractivity contribution is 0.286. The van der Waals surface area contributed by atoms with E-state index in [1.165, 1.54) is 29.5 Å². The van der Waals surface area contributed by atoms with Crippen LogP contribution < -0.4 is 0 Å². The smallest absolute Gasteiger partial charge is 0.121 e. The zero-order valence-corrected chi connectivity index (χ0v) is 19.8. The van der Waals surface area contributed by atoms with Crippen molar-refractivity contribution in [2.75, 3.05) is 13.1 Å². The molecule has 2 heteroatoms. The molecule has 1 unspecified atom stereocenters. The van der Waals surface area contributed by atoms with E-state index in [1.807, 2.05) is 6.07 Å². The minimum absolute atomic E-state index is 0.0211. The fourth-order valence-electron chi connectivity index (χ4n) is 4.11. The SMILES string of the molecule is Cc1ccc(C#CC(c2c(O)cc(C(C)(C)C)cc2C(C)(C)C)N2CCCC2)cc1. The Hall–Kier alpha value is -2.24. The van der Waals surface area contributed by atoms with Crippen molar-refractivity contribution in [3.05, 3.63) is 64.2 Å². The van der Waals surface area contributed by atoms with Crippen LogP contribution in [0, 0.1) is 18.8 Å². The van der Waals surface area contributed by atoms with Gasteiger partial charge >= 0.3 is 0 Å². The van der Waals surface area contributed by atoms with Crippen molar-refractivity contribution >= 4 is 0 Å². The summed E-state index contributed by atoms with van der Waals surface area (Å²) in [5.74, 6) is 7.31. The Morgan fingerprint density at radius 3 is 2.03 bits per heavy atom. The Kier molecular flexibility index (Phi) is 6.34. The van der Waals surface area contributed by atoms with Gasteiger partial charge in [-0.25, -0.2) is 0 Å². The molecule has 160 valence electrons. The van der Waals surface area contributed by atoms with Gasteiger partial charge in [-0.2, -0.15) is 0 Å². The Morgan fingerprint density at radius 1 is 0.900 bits per heavy atom. The molecule has 1 N–H and O–H groups in total. The number of hydrogen-bond donors (Lipinski definition) is 1. The van der Waals surface area contributed by atoms with E-state index in [-0.39, 0.29) is 16.9 Å². The predicted octanol–water partition coefficient (Wildman–Crippen LogP) is 6.48. The van der Waals surface area contributed by atoms with Crippen LogP contribution in [0.2, 0.25) is 0 Å². The molecule has 1 fully saturated rings. The lowest BCUT2D eigenvalue weighted by Crippen LogP contribution is -2.28. The normalized spacial score (nSPS) is 16.2. The second-order valence-electron chi connectivity index (χ2n) is 10.7. The number of benzene rings is 2. The van der Waals surface area contributed by atoms with Crippen LogP contribution in [-0.4, -0.2) is 23.1 Å². The summed E-state index contributed by atoms with van der Waals surface area (Å²) in [6.07, 6.45) is 2.38. The fraction of sp³-hybridized carbons (Fsp3) is 0.500. The van der Waals surface area contributed by atoms with Gasteiger partial charge in [-0.3, -0.25) is 4.90 Å². The first-order valence-electron chi connectivity index (χ1n) is 11.2. The first kappa shape index (κ1) is 22.4. The van der Waals surface area contributed by atoms with Crippen molar-refractivity contribution in [3.8, 4) is 17.6 Å². The molecule has 0 amide bonds. The van der Waals surface area contributed by atoms with Crippen molar-refractivity contribution < 1.29 is 5.11 Å². The van der Waals surface area contributed by atoms with Crippen LogP contribution in [0.25, 0.3) is 0 Å². The number of aryl methyl sites for hydroxylation is 1. The minimum Gasteiger partial charge on any atom is -0.508 e. The Balaban J connectivity index is 2.17. The molecule has 30 heavy (non-hydrogen) atoms. The van der Waals surface area contributed by atoms with Crippen LogP contribution in [0.5, 0.6) is 5.75 Å². The van der Waals surface area contributed by atoms with Gasteiger partial charge < -0.3 is 5.11 Å². The molecule has 1 aliphatic rings. The molecular weight excluding hydrogens is 366 g/mol. The van der Waals surface area contributed by atoms with E-state index in [0.29, 0.717) is 5.75 Å². The third-order valence-electron chi connectivity index (χ3n) is 6.02. The van der Waals surface area contributed by atoms with Gasteiger partial charge in [0, 0.05) is 11.1 Å². The minimum atomic E-state index is -0.1000.